The molecule has 2 N–H and O–H groups in total. The highest BCUT2D eigenvalue weighted by molar-refractivity contribution is 7.73. The van der Waals surface area contributed by atoms with Gasteiger partial charge in [0.25, 0.3) is 0 Å². The van der Waals surface area contributed by atoms with Crippen LogP contribution in [0.5, 0.6) is 0 Å². The van der Waals surface area contributed by atoms with E-state index in [0.717, 1.165) is 47.4 Å². The van der Waals surface area contributed by atoms with Crippen molar-refractivity contribution < 1.29 is 14.4 Å². The lowest BCUT2D eigenvalue weighted by Gasteiger charge is -2.27. The van der Waals surface area contributed by atoms with Gasteiger partial charge in [-0.05, 0) is 56.2 Å². The van der Waals surface area contributed by atoms with E-state index in [1.165, 1.54) is 27.4 Å². The first-order chi connectivity index (χ1) is 13.0. The van der Waals surface area contributed by atoms with E-state index >= 15 is 0 Å². The Morgan fingerprint density at radius 3 is 2.78 bits per heavy atom. The van der Waals surface area contributed by atoms with Crippen molar-refractivity contribution in [2.24, 2.45) is 5.92 Å². The number of anilines is 2. The summed E-state index contributed by atoms with van der Waals surface area (Å²) in [5.41, 5.74) is 3.54. The van der Waals surface area contributed by atoms with Crippen LogP contribution in [0, 0.1) is 23.7 Å². The highest BCUT2D eigenvalue weighted by atomic mass is 32.1. The molecule has 0 saturated carbocycles. The minimum atomic E-state index is -0.0540. The Hall–Kier alpha value is -1.77. The summed E-state index contributed by atoms with van der Waals surface area (Å²) >= 11 is 6.98. The number of hydrogen-bond acceptors (Lipinski definition) is 6. The lowest BCUT2D eigenvalue weighted by atomic mass is 9.97. The standard InChI is InChI=1S/C19H26N4O2S2/c1-4-25-17(24)15-7-9-22(10-8-15)12-23-19(26)27-18(21-23)20-16-6-5-13(2)14(3)11-16/h5-6,11,15H,4,7-10,12H2,1-3H3,(H,20,21)/p+1. The summed E-state index contributed by atoms with van der Waals surface area (Å²) in [5, 5.41) is 8.81. The van der Waals surface area contributed by atoms with E-state index in [1.807, 2.05) is 11.6 Å². The summed E-state index contributed by atoms with van der Waals surface area (Å²) < 4.78 is 7.80. The number of piperidine rings is 1. The van der Waals surface area contributed by atoms with Gasteiger partial charge in [0, 0.05) is 18.5 Å². The molecule has 8 heteroatoms. The molecule has 1 aromatic heterocycles. The molecule has 6 nitrogen and oxygen atoms in total. The fourth-order valence-electron chi connectivity index (χ4n) is 3.29. The van der Waals surface area contributed by atoms with Gasteiger partial charge in [0.1, 0.15) is 0 Å². The molecule has 1 aromatic carbocycles. The van der Waals surface area contributed by atoms with Crippen molar-refractivity contribution in [1.29, 1.82) is 0 Å². The van der Waals surface area contributed by atoms with E-state index in [-0.39, 0.29) is 11.9 Å². The monoisotopic (exact) mass is 407 g/mol. The zero-order chi connectivity index (χ0) is 19.4. The van der Waals surface area contributed by atoms with Crippen LogP contribution >= 0.6 is 23.6 Å². The summed E-state index contributed by atoms with van der Waals surface area (Å²) in [4.78, 5) is 13.3. The van der Waals surface area contributed by atoms with Gasteiger partial charge < -0.3 is 15.0 Å². The number of esters is 1. The average Bonchev–Trinajstić information content (AvgIpc) is 2.98. The van der Waals surface area contributed by atoms with E-state index in [0.29, 0.717) is 6.61 Å². The van der Waals surface area contributed by atoms with E-state index < -0.39 is 0 Å². The quantitative estimate of drug-likeness (QED) is 0.570. The van der Waals surface area contributed by atoms with Crippen LogP contribution in [0.2, 0.25) is 0 Å². The van der Waals surface area contributed by atoms with Crippen molar-refractivity contribution in [3.8, 4) is 0 Å². The maximum Gasteiger partial charge on any atom is 0.309 e. The molecule has 0 atom stereocenters. The predicted octanol–water partition coefficient (Wildman–Crippen LogP) is 2.85. The third-order valence-corrected chi connectivity index (χ3v) is 6.27. The van der Waals surface area contributed by atoms with Crippen molar-refractivity contribution in [3.05, 3.63) is 33.3 Å². The molecule has 1 saturated heterocycles. The van der Waals surface area contributed by atoms with Gasteiger partial charge in [-0.1, -0.05) is 17.4 Å². The second-order valence-corrected chi connectivity index (χ2v) is 8.65. The third kappa shape index (κ3) is 5.15. The van der Waals surface area contributed by atoms with Gasteiger partial charge in [0.2, 0.25) is 5.13 Å². The first kappa shape index (κ1) is 20.0. The number of carbonyl (C=O) groups excluding carboxylic acids is 1. The van der Waals surface area contributed by atoms with Crippen molar-refractivity contribution in [3.63, 3.8) is 0 Å². The highest BCUT2D eigenvalue weighted by Crippen LogP contribution is 2.22. The molecule has 0 radical (unpaired) electrons. The number of quaternary nitrogens is 1. The van der Waals surface area contributed by atoms with Crippen LogP contribution in [-0.4, -0.2) is 35.4 Å². The van der Waals surface area contributed by atoms with Crippen molar-refractivity contribution in [1.82, 2.24) is 9.78 Å². The van der Waals surface area contributed by atoms with E-state index in [1.54, 1.807) is 0 Å². The zero-order valence-corrected chi connectivity index (χ0v) is 17.7. The number of nitrogens with one attached hydrogen (secondary N) is 2. The molecular weight excluding hydrogens is 380 g/mol. The van der Waals surface area contributed by atoms with Crippen molar-refractivity contribution >= 4 is 40.3 Å². The molecule has 0 unspecified atom stereocenters. The van der Waals surface area contributed by atoms with Crippen LogP contribution in [0.15, 0.2) is 18.2 Å². The number of ether oxygens (including phenoxy) is 1. The van der Waals surface area contributed by atoms with E-state index in [4.69, 9.17) is 17.0 Å². The van der Waals surface area contributed by atoms with Gasteiger partial charge in [-0.25, -0.2) is 0 Å². The Kier molecular flexibility index (Phi) is 6.62. The summed E-state index contributed by atoms with van der Waals surface area (Å²) in [6.45, 7) is 9.11. The maximum absolute atomic E-state index is 11.9. The van der Waals surface area contributed by atoms with E-state index in [2.05, 4.69) is 42.5 Å². The number of nitrogens with zero attached hydrogens (tertiary/aromatic N) is 2. The molecule has 2 heterocycles. The zero-order valence-electron chi connectivity index (χ0n) is 16.1. The Bertz CT molecular complexity index is 854. The molecule has 0 bridgehead atoms. The fraction of sp³-hybridized carbons (Fsp3) is 0.526. The number of aromatic nitrogens is 2. The number of hydrogen-bond donors (Lipinski definition) is 2. The van der Waals surface area contributed by atoms with Gasteiger partial charge in [-0.15, -0.1) is 5.10 Å². The first-order valence-electron chi connectivity index (χ1n) is 9.38. The van der Waals surface area contributed by atoms with Crippen LogP contribution < -0.4 is 10.2 Å². The molecule has 1 aliphatic heterocycles. The lowest BCUT2D eigenvalue weighted by Crippen LogP contribution is -3.12. The van der Waals surface area contributed by atoms with Crippen molar-refractivity contribution in [2.45, 2.75) is 40.3 Å². The Morgan fingerprint density at radius 2 is 2.11 bits per heavy atom. The average molecular weight is 408 g/mol. The van der Waals surface area contributed by atoms with Gasteiger partial charge in [-0.2, -0.15) is 4.68 Å². The van der Waals surface area contributed by atoms with E-state index in [9.17, 15) is 4.79 Å². The molecule has 146 valence electrons. The number of rotatable bonds is 6. The van der Waals surface area contributed by atoms with Crippen molar-refractivity contribution in [2.75, 3.05) is 25.0 Å². The molecule has 27 heavy (non-hydrogen) atoms. The predicted molar refractivity (Wildman–Crippen MR) is 110 cm³/mol. The van der Waals surface area contributed by atoms with Gasteiger partial charge in [-0.3, -0.25) is 4.79 Å². The molecular formula is C19H27N4O2S2+. The Morgan fingerprint density at radius 1 is 1.37 bits per heavy atom. The molecule has 1 fully saturated rings. The Balaban J connectivity index is 1.58. The van der Waals surface area contributed by atoms with Crippen LogP contribution in [0.3, 0.4) is 0 Å². The lowest BCUT2D eigenvalue weighted by molar-refractivity contribution is -0.928. The largest absolute Gasteiger partial charge is 0.466 e. The molecule has 2 aromatic rings. The number of aryl methyl sites for hydroxylation is 2. The van der Waals surface area contributed by atoms with Crippen LogP contribution in [-0.2, 0) is 16.2 Å². The molecule has 3 rings (SSSR count). The third-order valence-electron chi connectivity index (χ3n) is 5.05. The summed E-state index contributed by atoms with van der Waals surface area (Å²) in [6.07, 6.45) is 1.72. The normalized spacial score (nSPS) is 19.7. The smallest absolute Gasteiger partial charge is 0.309 e. The summed E-state index contributed by atoms with van der Waals surface area (Å²) in [5.74, 6) is -0.0131. The minimum absolute atomic E-state index is 0.0408. The number of benzene rings is 1. The molecule has 0 amide bonds. The van der Waals surface area contributed by atoms with Crippen LogP contribution in [0.4, 0.5) is 10.8 Å². The van der Waals surface area contributed by atoms with Crippen LogP contribution in [0.25, 0.3) is 0 Å². The first-order valence-corrected chi connectivity index (χ1v) is 10.6. The summed E-state index contributed by atoms with van der Waals surface area (Å²) in [6, 6.07) is 6.28. The van der Waals surface area contributed by atoms with Gasteiger partial charge >= 0.3 is 5.97 Å². The molecule has 1 aliphatic rings. The fourth-order valence-corrected chi connectivity index (χ4v) is 4.32. The second-order valence-electron chi connectivity index (χ2n) is 7.03. The SMILES string of the molecule is CCOC(=O)C1CC[NH+](Cn2nc(Nc3ccc(C)c(C)c3)sc2=S)CC1. The Labute approximate surface area is 169 Å². The maximum atomic E-state index is 11.9. The molecule has 0 aliphatic carbocycles. The van der Waals surface area contributed by atoms with Gasteiger partial charge in [0.15, 0.2) is 10.6 Å². The summed E-state index contributed by atoms with van der Waals surface area (Å²) in [7, 11) is 0. The highest BCUT2D eigenvalue weighted by Gasteiger charge is 2.28. The second kappa shape index (κ2) is 8.95. The topological polar surface area (TPSA) is 60.6 Å². The minimum Gasteiger partial charge on any atom is -0.466 e. The number of likely N-dealkylation sites (tertiary alicyclic amines) is 1. The van der Waals surface area contributed by atoms with Gasteiger partial charge in [0.05, 0.1) is 25.6 Å². The number of carbonyl (C=O) groups is 1. The molecule has 0 spiro atoms. The van der Waals surface area contributed by atoms with Crippen LogP contribution in [0.1, 0.15) is 30.9 Å².